The number of halogens is 1. The molecule has 0 aliphatic carbocycles. The molecule has 0 heterocycles. The fourth-order valence-corrected chi connectivity index (χ4v) is 2.62. The summed E-state index contributed by atoms with van der Waals surface area (Å²) in [7, 11) is -3.61. The number of hydrogen-bond acceptors (Lipinski definition) is 3. The van der Waals surface area contributed by atoms with E-state index in [0.29, 0.717) is 5.02 Å². The van der Waals surface area contributed by atoms with E-state index in [2.05, 4.69) is 4.72 Å². The van der Waals surface area contributed by atoms with Gasteiger partial charge in [-0.3, -0.25) is 0 Å². The first kappa shape index (κ1) is 13.4. The maximum Gasteiger partial charge on any atom is 0.240 e. The second-order valence-electron chi connectivity index (χ2n) is 3.62. The van der Waals surface area contributed by atoms with Gasteiger partial charge in [-0.05, 0) is 31.5 Å². The molecule has 1 atom stereocenters. The Morgan fingerprint density at radius 1 is 1.50 bits per heavy atom. The molecule has 0 aliphatic rings. The molecule has 0 aliphatic heterocycles. The molecule has 0 saturated carbocycles. The van der Waals surface area contributed by atoms with Crippen molar-refractivity contribution in [1.29, 1.82) is 0 Å². The predicted octanol–water partition coefficient (Wildman–Crippen LogP) is 1.31. The Morgan fingerprint density at radius 2 is 2.12 bits per heavy atom. The first-order valence-electron chi connectivity index (χ1n) is 4.76. The van der Waals surface area contributed by atoms with Crippen LogP contribution >= 0.6 is 11.6 Å². The molecule has 1 aromatic carbocycles. The van der Waals surface area contributed by atoms with E-state index in [1.54, 1.807) is 19.9 Å². The van der Waals surface area contributed by atoms with Crippen molar-refractivity contribution in [2.75, 3.05) is 6.61 Å². The summed E-state index contributed by atoms with van der Waals surface area (Å²) in [6, 6.07) is 3.99. The van der Waals surface area contributed by atoms with Gasteiger partial charge in [0.25, 0.3) is 0 Å². The van der Waals surface area contributed by atoms with Crippen molar-refractivity contribution in [2.45, 2.75) is 24.8 Å². The van der Waals surface area contributed by atoms with E-state index in [-0.39, 0.29) is 11.5 Å². The second-order valence-corrected chi connectivity index (χ2v) is 5.74. The minimum Gasteiger partial charge on any atom is -0.395 e. The molecule has 4 nitrogen and oxygen atoms in total. The third-order valence-corrected chi connectivity index (χ3v) is 4.08. The van der Waals surface area contributed by atoms with Crippen molar-refractivity contribution < 1.29 is 13.5 Å². The molecule has 1 rings (SSSR count). The van der Waals surface area contributed by atoms with Gasteiger partial charge in [0.2, 0.25) is 10.0 Å². The molecule has 1 aromatic rings. The van der Waals surface area contributed by atoms with Crippen molar-refractivity contribution >= 4 is 21.6 Å². The number of nitrogens with one attached hydrogen (secondary N) is 1. The van der Waals surface area contributed by atoms with Crippen molar-refractivity contribution in [2.24, 2.45) is 0 Å². The number of sulfonamides is 1. The highest BCUT2D eigenvalue weighted by Crippen LogP contribution is 2.19. The highest BCUT2D eigenvalue weighted by Gasteiger charge is 2.17. The number of rotatable bonds is 4. The van der Waals surface area contributed by atoms with E-state index >= 15 is 0 Å². The van der Waals surface area contributed by atoms with E-state index in [9.17, 15) is 8.42 Å². The lowest BCUT2D eigenvalue weighted by molar-refractivity contribution is 0.265. The molecule has 0 unspecified atom stereocenters. The Bertz CT molecular complexity index is 473. The quantitative estimate of drug-likeness (QED) is 0.861. The van der Waals surface area contributed by atoms with Gasteiger partial charge in [-0.2, -0.15) is 0 Å². The number of hydrogen-bond donors (Lipinski definition) is 2. The van der Waals surface area contributed by atoms with Gasteiger partial charge in [0.15, 0.2) is 0 Å². The van der Waals surface area contributed by atoms with Gasteiger partial charge in [0, 0.05) is 11.1 Å². The summed E-state index contributed by atoms with van der Waals surface area (Å²) in [6.45, 7) is 3.12. The molecule has 0 saturated heterocycles. The number of benzene rings is 1. The van der Waals surface area contributed by atoms with Crippen molar-refractivity contribution in [1.82, 2.24) is 4.72 Å². The highest BCUT2D eigenvalue weighted by atomic mass is 35.5. The standard InChI is InChI=1S/C10H14ClNO3S/c1-7-3-4-9(5-10(7)11)16(14,15)12-8(2)6-13/h3-5,8,12-13H,6H2,1-2H3/t8-/m0/s1. The molecular formula is C10H14ClNO3S. The Kier molecular flexibility index (Phi) is 4.32. The van der Waals surface area contributed by atoms with E-state index < -0.39 is 16.1 Å². The lowest BCUT2D eigenvalue weighted by Gasteiger charge is -2.12. The molecular weight excluding hydrogens is 250 g/mol. The Balaban J connectivity index is 3.03. The van der Waals surface area contributed by atoms with Crippen LogP contribution in [-0.2, 0) is 10.0 Å². The first-order valence-corrected chi connectivity index (χ1v) is 6.62. The van der Waals surface area contributed by atoms with Gasteiger partial charge < -0.3 is 5.11 Å². The topological polar surface area (TPSA) is 66.4 Å². The van der Waals surface area contributed by atoms with Crippen LogP contribution in [0.4, 0.5) is 0 Å². The molecule has 0 fully saturated rings. The molecule has 2 N–H and O–H groups in total. The van der Waals surface area contributed by atoms with Gasteiger partial charge in [-0.15, -0.1) is 0 Å². The summed E-state index contributed by atoms with van der Waals surface area (Å²) >= 11 is 5.85. The average molecular weight is 264 g/mol. The maximum atomic E-state index is 11.8. The van der Waals surface area contributed by atoms with Gasteiger partial charge in [0.05, 0.1) is 11.5 Å². The minimum absolute atomic E-state index is 0.100. The SMILES string of the molecule is Cc1ccc(S(=O)(=O)N[C@@H](C)CO)cc1Cl. The summed E-state index contributed by atoms with van der Waals surface area (Å²) in [5.41, 5.74) is 0.816. The zero-order valence-corrected chi connectivity index (χ0v) is 10.6. The zero-order valence-electron chi connectivity index (χ0n) is 9.07. The predicted molar refractivity (Wildman–Crippen MR) is 63.1 cm³/mol. The van der Waals surface area contributed by atoms with E-state index in [1.165, 1.54) is 12.1 Å². The van der Waals surface area contributed by atoms with Crippen molar-refractivity contribution in [3.63, 3.8) is 0 Å². The summed E-state index contributed by atoms with van der Waals surface area (Å²) < 4.78 is 25.9. The van der Waals surface area contributed by atoms with Crippen LogP contribution < -0.4 is 4.72 Å². The van der Waals surface area contributed by atoms with Crippen LogP contribution in [0.5, 0.6) is 0 Å². The Labute approximate surface area is 100 Å². The summed E-state index contributed by atoms with van der Waals surface area (Å²) in [5.74, 6) is 0. The van der Waals surface area contributed by atoms with Gasteiger partial charge >= 0.3 is 0 Å². The molecule has 0 amide bonds. The monoisotopic (exact) mass is 263 g/mol. The number of aliphatic hydroxyl groups is 1. The molecule has 0 radical (unpaired) electrons. The molecule has 16 heavy (non-hydrogen) atoms. The number of aryl methyl sites for hydroxylation is 1. The zero-order chi connectivity index (χ0) is 12.3. The largest absolute Gasteiger partial charge is 0.395 e. The van der Waals surface area contributed by atoms with Crippen molar-refractivity contribution in [3.8, 4) is 0 Å². The average Bonchev–Trinajstić information content (AvgIpc) is 2.21. The van der Waals surface area contributed by atoms with Gasteiger partial charge in [-0.1, -0.05) is 17.7 Å². The van der Waals surface area contributed by atoms with Gasteiger partial charge in [0.1, 0.15) is 0 Å². The summed E-state index contributed by atoms with van der Waals surface area (Å²) in [4.78, 5) is 0.100. The number of aliphatic hydroxyl groups excluding tert-OH is 1. The van der Waals surface area contributed by atoms with Crippen LogP contribution in [0.3, 0.4) is 0 Å². The van der Waals surface area contributed by atoms with Crippen LogP contribution in [-0.4, -0.2) is 26.2 Å². The van der Waals surface area contributed by atoms with E-state index in [4.69, 9.17) is 16.7 Å². The maximum absolute atomic E-state index is 11.8. The Morgan fingerprint density at radius 3 is 2.62 bits per heavy atom. The van der Waals surface area contributed by atoms with Crippen LogP contribution in [0.2, 0.25) is 5.02 Å². The normalized spacial score (nSPS) is 13.8. The summed E-state index contributed by atoms with van der Waals surface area (Å²) in [5, 5.41) is 9.19. The molecule has 6 heteroatoms. The van der Waals surface area contributed by atoms with Crippen molar-refractivity contribution in [3.05, 3.63) is 28.8 Å². The Hall–Kier alpha value is -0.620. The fraction of sp³-hybridized carbons (Fsp3) is 0.400. The lowest BCUT2D eigenvalue weighted by Crippen LogP contribution is -2.34. The van der Waals surface area contributed by atoms with Crippen LogP contribution in [0, 0.1) is 6.92 Å². The van der Waals surface area contributed by atoms with Crippen LogP contribution in [0.1, 0.15) is 12.5 Å². The van der Waals surface area contributed by atoms with E-state index in [0.717, 1.165) is 5.56 Å². The van der Waals surface area contributed by atoms with Crippen LogP contribution in [0.15, 0.2) is 23.1 Å². The lowest BCUT2D eigenvalue weighted by atomic mass is 10.2. The van der Waals surface area contributed by atoms with E-state index in [1.807, 2.05) is 0 Å². The molecule has 90 valence electrons. The third kappa shape index (κ3) is 3.18. The molecule has 0 spiro atoms. The highest BCUT2D eigenvalue weighted by molar-refractivity contribution is 7.89. The molecule has 0 bridgehead atoms. The van der Waals surface area contributed by atoms with Crippen LogP contribution in [0.25, 0.3) is 0 Å². The summed E-state index contributed by atoms with van der Waals surface area (Å²) in [6.07, 6.45) is 0. The smallest absolute Gasteiger partial charge is 0.240 e. The minimum atomic E-state index is -3.61. The third-order valence-electron chi connectivity index (χ3n) is 2.08. The molecule has 0 aromatic heterocycles. The second kappa shape index (κ2) is 5.14. The first-order chi connectivity index (χ1) is 7.36. The fourth-order valence-electron chi connectivity index (χ4n) is 1.11. The van der Waals surface area contributed by atoms with Gasteiger partial charge in [-0.25, -0.2) is 13.1 Å².